The number of para-hydroxylation sites is 1. The van der Waals surface area contributed by atoms with Crippen LogP contribution in [0.3, 0.4) is 0 Å². The summed E-state index contributed by atoms with van der Waals surface area (Å²) >= 11 is 1.25. The normalized spacial score (nSPS) is 10.9. The third-order valence-electron chi connectivity index (χ3n) is 4.09. The molecule has 0 aliphatic rings. The summed E-state index contributed by atoms with van der Waals surface area (Å²) in [7, 11) is 3.16. The smallest absolute Gasteiger partial charge is 0.262 e. The van der Waals surface area contributed by atoms with Crippen LogP contribution in [0, 0.1) is 0 Å². The molecule has 0 amide bonds. The lowest BCUT2D eigenvalue weighted by Gasteiger charge is -2.12. The monoisotopic (exact) mass is 384 g/mol. The second-order valence-corrected chi connectivity index (χ2v) is 6.74. The molecule has 0 saturated heterocycles. The predicted octanol–water partition coefficient (Wildman–Crippen LogP) is 3.03. The predicted molar refractivity (Wildman–Crippen MR) is 106 cm³/mol. The van der Waals surface area contributed by atoms with Crippen molar-refractivity contribution in [3.05, 3.63) is 64.4 Å². The van der Waals surface area contributed by atoms with Crippen molar-refractivity contribution in [2.75, 3.05) is 26.6 Å². The number of carbonyl (C=O) groups excluding carboxylic acids is 1. The lowest BCUT2D eigenvalue weighted by atomic mass is 10.1. The first-order chi connectivity index (χ1) is 13.1. The highest BCUT2D eigenvalue weighted by Crippen LogP contribution is 2.20. The van der Waals surface area contributed by atoms with Crippen LogP contribution >= 0.6 is 11.8 Å². The number of ether oxygens (including phenoxy) is 2. The average molecular weight is 384 g/mol. The summed E-state index contributed by atoms with van der Waals surface area (Å²) < 4.78 is 11.8. The molecule has 0 saturated carbocycles. The van der Waals surface area contributed by atoms with Gasteiger partial charge < -0.3 is 9.47 Å². The van der Waals surface area contributed by atoms with Crippen LogP contribution in [0.15, 0.2) is 58.5 Å². The fourth-order valence-electron chi connectivity index (χ4n) is 2.63. The zero-order valence-corrected chi connectivity index (χ0v) is 16.0. The van der Waals surface area contributed by atoms with Crippen molar-refractivity contribution in [2.24, 2.45) is 0 Å². The number of thioether (sulfide) groups is 1. The van der Waals surface area contributed by atoms with E-state index < -0.39 is 0 Å². The van der Waals surface area contributed by atoms with Gasteiger partial charge in [0.2, 0.25) is 0 Å². The molecule has 3 aromatic rings. The molecule has 0 atom stereocenters. The quantitative estimate of drug-likeness (QED) is 0.338. The van der Waals surface area contributed by atoms with Gasteiger partial charge in [0.05, 0.1) is 36.9 Å². The third kappa shape index (κ3) is 4.37. The number of hydrogen-bond acceptors (Lipinski definition) is 6. The molecule has 3 rings (SSSR count). The molecule has 6 nitrogen and oxygen atoms in total. The molecule has 140 valence electrons. The Morgan fingerprint density at radius 1 is 1.11 bits per heavy atom. The number of hydrogen-bond donors (Lipinski definition) is 0. The highest BCUT2D eigenvalue weighted by atomic mass is 32.2. The van der Waals surface area contributed by atoms with E-state index >= 15 is 0 Å². The maximum Gasteiger partial charge on any atom is 0.262 e. The summed E-state index contributed by atoms with van der Waals surface area (Å²) in [4.78, 5) is 29.9. The Labute approximate surface area is 161 Å². The Hall–Kier alpha value is -2.64. The summed E-state index contributed by atoms with van der Waals surface area (Å²) in [6, 6.07) is 14.2. The van der Waals surface area contributed by atoms with Crippen LogP contribution in [0.4, 0.5) is 0 Å². The second-order valence-electron chi connectivity index (χ2n) is 5.80. The lowest BCUT2D eigenvalue weighted by molar-refractivity contribution is 0.102. The van der Waals surface area contributed by atoms with E-state index in [1.165, 1.54) is 11.8 Å². The summed E-state index contributed by atoms with van der Waals surface area (Å²) in [5.41, 5.74) is 1.09. The first kappa shape index (κ1) is 19.1. The van der Waals surface area contributed by atoms with Gasteiger partial charge in [-0.15, -0.1) is 0 Å². The van der Waals surface area contributed by atoms with Crippen molar-refractivity contribution in [2.45, 2.75) is 11.7 Å². The molecule has 0 aliphatic heterocycles. The fourth-order valence-corrected chi connectivity index (χ4v) is 3.55. The highest BCUT2D eigenvalue weighted by molar-refractivity contribution is 7.99. The maximum absolute atomic E-state index is 12.8. The Morgan fingerprint density at radius 2 is 1.85 bits per heavy atom. The fraction of sp³-hybridized carbons (Fsp3) is 0.250. The Bertz CT molecular complexity index is 999. The molecule has 7 heteroatoms. The van der Waals surface area contributed by atoms with Crippen molar-refractivity contribution >= 4 is 28.4 Å². The Morgan fingerprint density at radius 3 is 2.56 bits per heavy atom. The number of nitrogens with zero attached hydrogens (tertiary/aromatic N) is 2. The largest absolute Gasteiger partial charge is 0.497 e. The van der Waals surface area contributed by atoms with E-state index in [1.807, 2.05) is 12.1 Å². The number of ketones is 1. The van der Waals surface area contributed by atoms with Crippen LogP contribution in [-0.2, 0) is 11.3 Å². The van der Waals surface area contributed by atoms with E-state index in [1.54, 1.807) is 55.2 Å². The van der Waals surface area contributed by atoms with E-state index in [9.17, 15) is 9.59 Å². The average Bonchev–Trinajstić information content (AvgIpc) is 2.71. The number of rotatable bonds is 8. The molecule has 0 unspecified atom stereocenters. The molecule has 0 spiro atoms. The van der Waals surface area contributed by atoms with Gasteiger partial charge in [-0.05, 0) is 36.4 Å². The molecule has 1 aromatic heterocycles. The first-order valence-corrected chi connectivity index (χ1v) is 9.41. The zero-order valence-electron chi connectivity index (χ0n) is 15.2. The van der Waals surface area contributed by atoms with Gasteiger partial charge in [0, 0.05) is 12.7 Å². The van der Waals surface area contributed by atoms with Crippen LogP contribution in [0.2, 0.25) is 0 Å². The minimum atomic E-state index is -0.128. The van der Waals surface area contributed by atoms with Crippen LogP contribution in [0.5, 0.6) is 5.75 Å². The van der Waals surface area contributed by atoms with Crippen molar-refractivity contribution in [3.63, 3.8) is 0 Å². The van der Waals surface area contributed by atoms with E-state index in [4.69, 9.17) is 9.47 Å². The molecule has 0 aliphatic carbocycles. The molecular formula is C20H20N2O4S. The SMILES string of the molecule is COCCn1c(SCC(=O)c2ccc(OC)cc2)nc2ccccc2c1=O. The number of methoxy groups -OCH3 is 2. The molecule has 0 bridgehead atoms. The van der Waals surface area contributed by atoms with Gasteiger partial charge in [-0.25, -0.2) is 4.98 Å². The number of Topliss-reactive ketones (excluding diaryl/α,β-unsaturated/α-hetero) is 1. The van der Waals surface area contributed by atoms with Gasteiger partial charge in [0.1, 0.15) is 5.75 Å². The van der Waals surface area contributed by atoms with Gasteiger partial charge >= 0.3 is 0 Å². The standard InChI is InChI=1S/C20H20N2O4S/c1-25-12-11-22-19(24)16-5-3-4-6-17(16)21-20(22)27-13-18(23)14-7-9-15(26-2)10-8-14/h3-10H,11-13H2,1-2H3. The molecular weight excluding hydrogens is 364 g/mol. The number of aromatic nitrogens is 2. The lowest BCUT2D eigenvalue weighted by Crippen LogP contribution is -2.25. The number of fused-ring (bicyclic) bond motifs is 1. The van der Waals surface area contributed by atoms with Crippen LogP contribution in [0.25, 0.3) is 10.9 Å². The van der Waals surface area contributed by atoms with Crippen LogP contribution in [0.1, 0.15) is 10.4 Å². The van der Waals surface area contributed by atoms with Gasteiger partial charge in [0.15, 0.2) is 10.9 Å². The molecule has 2 aromatic carbocycles. The molecule has 0 N–H and O–H groups in total. The zero-order chi connectivity index (χ0) is 19.2. The summed E-state index contributed by atoms with van der Waals surface area (Å²) in [6.07, 6.45) is 0. The van der Waals surface area contributed by atoms with Crippen molar-refractivity contribution in [1.82, 2.24) is 9.55 Å². The third-order valence-corrected chi connectivity index (χ3v) is 5.07. The summed E-state index contributed by atoms with van der Waals surface area (Å²) in [5, 5.41) is 1.07. The topological polar surface area (TPSA) is 70.4 Å². The number of benzene rings is 2. The Balaban J connectivity index is 1.86. The van der Waals surface area contributed by atoms with Crippen molar-refractivity contribution in [1.29, 1.82) is 0 Å². The Kier molecular flexibility index (Phi) is 6.26. The van der Waals surface area contributed by atoms with Crippen molar-refractivity contribution in [3.8, 4) is 5.75 Å². The maximum atomic E-state index is 12.8. The molecule has 27 heavy (non-hydrogen) atoms. The minimum absolute atomic E-state index is 0.0386. The van der Waals surface area contributed by atoms with Crippen LogP contribution < -0.4 is 10.3 Å². The van der Waals surface area contributed by atoms with Gasteiger partial charge in [-0.2, -0.15) is 0 Å². The minimum Gasteiger partial charge on any atom is -0.497 e. The van der Waals surface area contributed by atoms with E-state index in [0.717, 1.165) is 0 Å². The van der Waals surface area contributed by atoms with Crippen LogP contribution in [-0.4, -0.2) is 41.9 Å². The first-order valence-electron chi connectivity index (χ1n) is 8.42. The van der Waals surface area contributed by atoms with Gasteiger partial charge in [-0.3, -0.25) is 14.2 Å². The van der Waals surface area contributed by atoms with E-state index in [0.29, 0.717) is 40.5 Å². The molecule has 0 radical (unpaired) electrons. The van der Waals surface area contributed by atoms with Crippen molar-refractivity contribution < 1.29 is 14.3 Å². The second kappa shape index (κ2) is 8.83. The summed E-state index contributed by atoms with van der Waals surface area (Å²) in [6.45, 7) is 0.770. The molecule has 1 heterocycles. The molecule has 0 fully saturated rings. The highest BCUT2D eigenvalue weighted by Gasteiger charge is 2.14. The van der Waals surface area contributed by atoms with E-state index in [-0.39, 0.29) is 17.1 Å². The van der Waals surface area contributed by atoms with Gasteiger partial charge in [-0.1, -0.05) is 23.9 Å². The summed E-state index contributed by atoms with van der Waals surface area (Å²) in [5.74, 6) is 0.844. The van der Waals surface area contributed by atoms with Gasteiger partial charge in [0.25, 0.3) is 5.56 Å². The van der Waals surface area contributed by atoms with E-state index in [2.05, 4.69) is 4.98 Å². The number of carbonyl (C=O) groups is 1.